The Morgan fingerprint density at radius 3 is 2.91 bits per heavy atom. The Labute approximate surface area is 66.8 Å². The van der Waals surface area contributed by atoms with Gasteiger partial charge in [0.15, 0.2) is 0 Å². The Morgan fingerprint density at radius 2 is 2.36 bits per heavy atom. The van der Waals surface area contributed by atoms with Crippen LogP contribution < -0.4 is 11.5 Å². The third kappa shape index (κ3) is 6.58. The van der Waals surface area contributed by atoms with Crippen LogP contribution >= 0.6 is 0 Å². The molecule has 0 fully saturated rings. The molecule has 0 aliphatic heterocycles. The number of hydrogen-bond donors (Lipinski definition) is 2. The van der Waals surface area contributed by atoms with Crippen molar-refractivity contribution in [3.8, 4) is 0 Å². The van der Waals surface area contributed by atoms with Gasteiger partial charge in [-0.3, -0.25) is 4.99 Å². The summed E-state index contributed by atoms with van der Waals surface area (Å²) in [6.07, 6.45) is 5.06. The van der Waals surface area contributed by atoms with Gasteiger partial charge in [-0.15, -0.1) is 5.73 Å². The van der Waals surface area contributed by atoms with Gasteiger partial charge in [-0.05, 0) is 12.2 Å². The van der Waals surface area contributed by atoms with Crippen LogP contribution in [0.5, 0.6) is 0 Å². The van der Waals surface area contributed by atoms with Crippen molar-refractivity contribution in [2.75, 3.05) is 13.1 Å². The van der Waals surface area contributed by atoms with E-state index < -0.39 is 0 Å². The largest absolute Gasteiger partial charge is 0.384 e. The molecule has 0 saturated carbocycles. The quantitative estimate of drug-likeness (QED) is 0.261. The molecule has 60 valence electrons. The molecule has 0 aliphatic rings. The topological polar surface area (TPSA) is 64.4 Å². The van der Waals surface area contributed by atoms with Crippen molar-refractivity contribution in [1.29, 1.82) is 0 Å². The Hall–Kier alpha value is -1.31. The Balaban J connectivity index is 3.83. The van der Waals surface area contributed by atoms with E-state index in [1.165, 1.54) is 0 Å². The summed E-state index contributed by atoms with van der Waals surface area (Å²) in [5.41, 5.74) is 13.2. The third-order valence-corrected chi connectivity index (χ3v) is 0.905. The van der Waals surface area contributed by atoms with Crippen LogP contribution in [0.2, 0.25) is 0 Å². The highest BCUT2D eigenvalue weighted by molar-refractivity contribution is 5.91. The number of nitrogens with zero attached hydrogens (tertiary/aromatic N) is 1. The molecule has 0 radical (unpaired) electrons. The van der Waals surface area contributed by atoms with Gasteiger partial charge in [0, 0.05) is 6.54 Å². The molecule has 0 saturated heterocycles. The minimum atomic E-state index is 0.474. The van der Waals surface area contributed by atoms with E-state index in [4.69, 9.17) is 11.5 Å². The van der Waals surface area contributed by atoms with Crippen LogP contribution in [0.4, 0.5) is 0 Å². The molecule has 0 amide bonds. The van der Waals surface area contributed by atoms with E-state index >= 15 is 0 Å². The van der Waals surface area contributed by atoms with E-state index in [0.29, 0.717) is 18.9 Å². The van der Waals surface area contributed by atoms with Crippen molar-refractivity contribution in [1.82, 2.24) is 0 Å². The monoisotopic (exact) mass is 151 g/mol. The first-order valence-electron chi connectivity index (χ1n) is 3.33. The molecule has 0 aromatic carbocycles. The highest BCUT2D eigenvalue weighted by Crippen LogP contribution is 1.76. The predicted octanol–water partition coefficient (Wildman–Crippen LogP) is 0.200. The number of nitrogens with two attached hydrogens (primary N) is 2. The highest BCUT2D eigenvalue weighted by atomic mass is 14.9. The molecule has 0 aromatic heterocycles. The number of allylic oxidation sites excluding steroid dienone is 2. The zero-order valence-electron chi connectivity index (χ0n) is 6.46. The fourth-order valence-corrected chi connectivity index (χ4v) is 0.461. The summed E-state index contributed by atoms with van der Waals surface area (Å²) in [6.45, 7) is 4.47. The highest BCUT2D eigenvalue weighted by Gasteiger charge is 1.79. The summed E-state index contributed by atoms with van der Waals surface area (Å²) >= 11 is 0. The lowest BCUT2D eigenvalue weighted by molar-refractivity contribution is 0.974. The standard InChI is InChI=1S/C8H13N3/c1-2-3-4-5-8(10)11-7-6-9/h3-5H,1,6-7,9H2,(H2,10,11). The Kier molecular flexibility index (Phi) is 5.99. The summed E-state index contributed by atoms with van der Waals surface area (Å²) in [7, 11) is 0. The number of amidine groups is 1. The first-order valence-corrected chi connectivity index (χ1v) is 3.33. The SMILES string of the molecule is C=C=CC=CC(N)=NCCN. The van der Waals surface area contributed by atoms with Crippen molar-refractivity contribution in [2.24, 2.45) is 16.5 Å². The molecule has 0 heterocycles. The van der Waals surface area contributed by atoms with Gasteiger partial charge >= 0.3 is 0 Å². The summed E-state index contributed by atoms with van der Waals surface area (Å²) in [5, 5.41) is 0. The van der Waals surface area contributed by atoms with E-state index in [-0.39, 0.29) is 0 Å². The molecule has 0 atom stereocenters. The maximum atomic E-state index is 5.44. The molecule has 3 heteroatoms. The van der Waals surface area contributed by atoms with Gasteiger partial charge in [0.05, 0.1) is 6.54 Å². The van der Waals surface area contributed by atoms with Gasteiger partial charge in [-0.2, -0.15) is 0 Å². The zero-order chi connectivity index (χ0) is 8.53. The molecule has 4 N–H and O–H groups in total. The molecule has 0 aliphatic carbocycles. The van der Waals surface area contributed by atoms with Crippen LogP contribution in [0, 0.1) is 0 Å². The summed E-state index contributed by atoms with van der Waals surface area (Å²) < 4.78 is 0. The lowest BCUT2D eigenvalue weighted by Gasteiger charge is -1.89. The molecule has 0 bridgehead atoms. The van der Waals surface area contributed by atoms with E-state index in [1.807, 2.05) is 0 Å². The van der Waals surface area contributed by atoms with Gasteiger partial charge in [0.1, 0.15) is 5.84 Å². The molecule has 0 spiro atoms. The normalized spacial score (nSPS) is 11.5. The van der Waals surface area contributed by atoms with Gasteiger partial charge < -0.3 is 11.5 Å². The second-order valence-electron chi connectivity index (χ2n) is 1.83. The van der Waals surface area contributed by atoms with Crippen LogP contribution in [-0.4, -0.2) is 18.9 Å². The molecule has 0 rings (SSSR count). The molecular formula is C8H13N3. The van der Waals surface area contributed by atoms with Crippen molar-refractivity contribution >= 4 is 5.84 Å². The van der Waals surface area contributed by atoms with E-state index in [1.54, 1.807) is 18.2 Å². The van der Waals surface area contributed by atoms with Gasteiger partial charge in [-0.25, -0.2) is 0 Å². The summed E-state index contributed by atoms with van der Waals surface area (Å²) in [4.78, 5) is 3.93. The zero-order valence-corrected chi connectivity index (χ0v) is 6.46. The van der Waals surface area contributed by atoms with Crippen molar-refractivity contribution in [2.45, 2.75) is 0 Å². The third-order valence-electron chi connectivity index (χ3n) is 0.905. The second-order valence-corrected chi connectivity index (χ2v) is 1.83. The van der Waals surface area contributed by atoms with Crippen LogP contribution in [0.1, 0.15) is 0 Å². The van der Waals surface area contributed by atoms with E-state index in [2.05, 4.69) is 17.3 Å². The van der Waals surface area contributed by atoms with Gasteiger partial charge in [0.25, 0.3) is 0 Å². The molecule has 3 nitrogen and oxygen atoms in total. The van der Waals surface area contributed by atoms with Crippen molar-refractivity contribution < 1.29 is 0 Å². The maximum Gasteiger partial charge on any atom is 0.118 e. The lowest BCUT2D eigenvalue weighted by Crippen LogP contribution is -2.11. The van der Waals surface area contributed by atoms with Gasteiger partial charge in [0.2, 0.25) is 0 Å². The Morgan fingerprint density at radius 1 is 1.64 bits per heavy atom. The molecular weight excluding hydrogens is 138 g/mol. The average molecular weight is 151 g/mol. The first kappa shape index (κ1) is 9.69. The molecule has 0 aromatic rings. The van der Waals surface area contributed by atoms with Crippen LogP contribution in [-0.2, 0) is 0 Å². The molecule has 11 heavy (non-hydrogen) atoms. The maximum absolute atomic E-state index is 5.44. The van der Waals surface area contributed by atoms with E-state index in [9.17, 15) is 0 Å². The number of hydrogen-bond acceptors (Lipinski definition) is 2. The lowest BCUT2D eigenvalue weighted by atomic mass is 10.4. The van der Waals surface area contributed by atoms with Crippen molar-refractivity contribution in [3.63, 3.8) is 0 Å². The second kappa shape index (κ2) is 6.81. The Bertz CT molecular complexity index is 197. The van der Waals surface area contributed by atoms with Gasteiger partial charge in [-0.1, -0.05) is 12.7 Å². The minimum Gasteiger partial charge on any atom is -0.384 e. The van der Waals surface area contributed by atoms with Crippen LogP contribution in [0.3, 0.4) is 0 Å². The number of rotatable bonds is 4. The predicted molar refractivity (Wildman–Crippen MR) is 48.4 cm³/mol. The van der Waals surface area contributed by atoms with Crippen LogP contribution in [0.15, 0.2) is 35.5 Å². The smallest absolute Gasteiger partial charge is 0.118 e. The first-order chi connectivity index (χ1) is 5.31. The molecule has 0 unspecified atom stereocenters. The fourth-order valence-electron chi connectivity index (χ4n) is 0.461. The summed E-state index contributed by atoms with van der Waals surface area (Å²) in [6, 6.07) is 0. The number of aliphatic imine (C=N–C) groups is 1. The minimum absolute atomic E-state index is 0.474. The van der Waals surface area contributed by atoms with Crippen LogP contribution in [0.25, 0.3) is 0 Å². The van der Waals surface area contributed by atoms with Crippen molar-refractivity contribution in [3.05, 3.63) is 30.5 Å². The average Bonchev–Trinajstić information content (AvgIpc) is 2.01. The fraction of sp³-hybridized carbons (Fsp3) is 0.250. The summed E-state index contributed by atoms with van der Waals surface area (Å²) in [5.74, 6) is 0.474. The van der Waals surface area contributed by atoms with E-state index in [0.717, 1.165) is 0 Å².